The van der Waals surface area contributed by atoms with Crippen molar-refractivity contribution in [2.75, 3.05) is 13.1 Å². The van der Waals surface area contributed by atoms with Crippen LogP contribution >= 0.6 is 0 Å². The first kappa shape index (κ1) is 11.2. The SMILES string of the molecule is NCCCNC(=O)c1cc(C(=O)O)on1. The van der Waals surface area contributed by atoms with Crippen LogP contribution in [0.3, 0.4) is 0 Å². The number of aromatic carboxylic acids is 1. The first-order valence-corrected chi connectivity index (χ1v) is 4.33. The van der Waals surface area contributed by atoms with Gasteiger partial charge in [0, 0.05) is 12.6 Å². The van der Waals surface area contributed by atoms with Crippen molar-refractivity contribution in [1.82, 2.24) is 10.5 Å². The lowest BCUT2D eigenvalue weighted by molar-refractivity contribution is 0.0651. The number of hydrogen-bond donors (Lipinski definition) is 3. The molecule has 0 atom stereocenters. The van der Waals surface area contributed by atoms with E-state index in [1.807, 2.05) is 0 Å². The van der Waals surface area contributed by atoms with Gasteiger partial charge in [-0.3, -0.25) is 4.79 Å². The Kier molecular flexibility index (Phi) is 3.81. The van der Waals surface area contributed by atoms with Gasteiger partial charge in [-0.15, -0.1) is 0 Å². The number of carboxylic acid groups (broad SMARTS) is 1. The van der Waals surface area contributed by atoms with E-state index in [2.05, 4.69) is 15.0 Å². The molecule has 82 valence electrons. The summed E-state index contributed by atoms with van der Waals surface area (Å²) in [6.45, 7) is 0.893. The molecule has 1 aromatic rings. The summed E-state index contributed by atoms with van der Waals surface area (Å²) in [4.78, 5) is 21.7. The van der Waals surface area contributed by atoms with Gasteiger partial charge in [-0.2, -0.15) is 0 Å². The van der Waals surface area contributed by atoms with Gasteiger partial charge in [-0.25, -0.2) is 4.79 Å². The third-order valence-corrected chi connectivity index (χ3v) is 1.62. The van der Waals surface area contributed by atoms with Crippen LogP contribution in [0.25, 0.3) is 0 Å². The highest BCUT2D eigenvalue weighted by atomic mass is 16.5. The number of nitrogens with zero attached hydrogens (tertiary/aromatic N) is 1. The molecule has 4 N–H and O–H groups in total. The molecule has 0 aromatic carbocycles. The van der Waals surface area contributed by atoms with Gasteiger partial charge < -0.3 is 20.7 Å². The maximum absolute atomic E-state index is 11.3. The first-order chi connectivity index (χ1) is 7.15. The molecule has 0 radical (unpaired) electrons. The number of amides is 1. The summed E-state index contributed by atoms with van der Waals surface area (Å²) < 4.78 is 4.42. The van der Waals surface area contributed by atoms with Crippen LogP contribution in [0, 0.1) is 0 Å². The Labute approximate surface area is 85.2 Å². The minimum absolute atomic E-state index is 0.0515. The lowest BCUT2D eigenvalue weighted by Crippen LogP contribution is -2.26. The highest BCUT2D eigenvalue weighted by Gasteiger charge is 2.15. The Morgan fingerprint density at radius 2 is 2.33 bits per heavy atom. The van der Waals surface area contributed by atoms with E-state index in [4.69, 9.17) is 10.8 Å². The summed E-state index contributed by atoms with van der Waals surface area (Å²) in [5.74, 6) is -2.10. The molecule has 1 aromatic heterocycles. The Balaban J connectivity index is 2.54. The lowest BCUT2D eigenvalue weighted by Gasteiger charge is -1.99. The molecular weight excluding hydrogens is 202 g/mol. The van der Waals surface area contributed by atoms with E-state index in [0.29, 0.717) is 19.5 Å². The smallest absolute Gasteiger partial charge is 0.374 e. The molecular formula is C8H11N3O4. The van der Waals surface area contributed by atoms with Gasteiger partial charge in [0.05, 0.1) is 0 Å². The zero-order valence-electron chi connectivity index (χ0n) is 7.90. The monoisotopic (exact) mass is 213 g/mol. The Bertz CT molecular complexity index is 361. The van der Waals surface area contributed by atoms with Crippen molar-refractivity contribution in [3.05, 3.63) is 17.5 Å². The van der Waals surface area contributed by atoms with Gasteiger partial charge in [0.25, 0.3) is 5.91 Å². The second-order valence-corrected chi connectivity index (χ2v) is 2.78. The normalized spacial score (nSPS) is 9.93. The minimum atomic E-state index is -1.26. The Morgan fingerprint density at radius 3 is 2.87 bits per heavy atom. The highest BCUT2D eigenvalue weighted by Crippen LogP contribution is 2.02. The second kappa shape index (κ2) is 5.11. The van der Waals surface area contributed by atoms with Crippen LogP contribution in [-0.2, 0) is 0 Å². The standard InChI is InChI=1S/C8H11N3O4/c9-2-1-3-10-7(12)5-4-6(8(13)14)15-11-5/h4H,1-3,9H2,(H,10,12)(H,13,14). The van der Waals surface area contributed by atoms with Crippen LogP contribution in [-0.4, -0.2) is 35.2 Å². The number of hydrogen-bond acceptors (Lipinski definition) is 5. The Morgan fingerprint density at radius 1 is 1.60 bits per heavy atom. The molecule has 0 aliphatic carbocycles. The van der Waals surface area contributed by atoms with E-state index in [1.54, 1.807) is 0 Å². The maximum atomic E-state index is 11.3. The van der Waals surface area contributed by atoms with Gasteiger partial charge in [0.2, 0.25) is 5.76 Å². The molecule has 7 nitrogen and oxygen atoms in total. The van der Waals surface area contributed by atoms with Crippen LogP contribution in [0.1, 0.15) is 27.5 Å². The predicted octanol–water partition coefficient (Wildman–Crippen LogP) is -0.549. The van der Waals surface area contributed by atoms with Crippen molar-refractivity contribution < 1.29 is 19.2 Å². The number of carboxylic acids is 1. The minimum Gasteiger partial charge on any atom is -0.475 e. The summed E-state index contributed by atoms with van der Waals surface area (Å²) in [5, 5.41) is 14.3. The van der Waals surface area contributed by atoms with Crippen molar-refractivity contribution >= 4 is 11.9 Å². The van der Waals surface area contributed by atoms with Crippen LogP contribution in [0.15, 0.2) is 10.6 Å². The quantitative estimate of drug-likeness (QED) is 0.565. The van der Waals surface area contributed by atoms with E-state index in [1.165, 1.54) is 0 Å². The number of nitrogens with two attached hydrogens (primary N) is 1. The molecule has 0 aliphatic heterocycles. The summed E-state index contributed by atoms with van der Waals surface area (Å²) in [7, 11) is 0. The maximum Gasteiger partial charge on any atom is 0.374 e. The van der Waals surface area contributed by atoms with E-state index in [-0.39, 0.29) is 11.5 Å². The predicted molar refractivity (Wildman–Crippen MR) is 49.5 cm³/mol. The fourth-order valence-electron chi connectivity index (χ4n) is 0.878. The first-order valence-electron chi connectivity index (χ1n) is 4.33. The van der Waals surface area contributed by atoms with Crippen molar-refractivity contribution in [3.63, 3.8) is 0 Å². The Hall–Kier alpha value is -1.89. The molecule has 0 aliphatic rings. The fourth-order valence-corrected chi connectivity index (χ4v) is 0.878. The second-order valence-electron chi connectivity index (χ2n) is 2.78. The molecule has 0 spiro atoms. The third-order valence-electron chi connectivity index (χ3n) is 1.62. The number of carbonyl (C=O) groups is 2. The van der Waals surface area contributed by atoms with Crippen molar-refractivity contribution in [3.8, 4) is 0 Å². The zero-order valence-corrected chi connectivity index (χ0v) is 7.90. The van der Waals surface area contributed by atoms with Crippen LogP contribution < -0.4 is 11.1 Å². The molecule has 1 rings (SSSR count). The molecule has 0 unspecified atom stereocenters. The van der Waals surface area contributed by atoms with Crippen molar-refractivity contribution in [2.24, 2.45) is 5.73 Å². The zero-order chi connectivity index (χ0) is 11.3. The van der Waals surface area contributed by atoms with Gasteiger partial charge in [-0.05, 0) is 13.0 Å². The highest BCUT2D eigenvalue weighted by molar-refractivity contribution is 5.94. The van der Waals surface area contributed by atoms with Crippen LogP contribution in [0.5, 0.6) is 0 Å². The topological polar surface area (TPSA) is 118 Å². The lowest BCUT2D eigenvalue weighted by atomic mass is 10.3. The van der Waals surface area contributed by atoms with Gasteiger partial charge in [0.15, 0.2) is 5.69 Å². The molecule has 1 amide bonds. The molecule has 0 bridgehead atoms. The van der Waals surface area contributed by atoms with Crippen LogP contribution in [0.2, 0.25) is 0 Å². The van der Waals surface area contributed by atoms with E-state index < -0.39 is 11.9 Å². The number of aromatic nitrogens is 1. The summed E-state index contributed by atoms with van der Waals surface area (Å²) in [6, 6.07) is 1.07. The average Bonchev–Trinajstić information content (AvgIpc) is 2.66. The van der Waals surface area contributed by atoms with E-state index in [0.717, 1.165) is 6.07 Å². The molecule has 15 heavy (non-hydrogen) atoms. The number of nitrogens with one attached hydrogen (secondary N) is 1. The van der Waals surface area contributed by atoms with Gasteiger partial charge in [0.1, 0.15) is 0 Å². The summed E-state index contributed by atoms with van der Waals surface area (Å²) >= 11 is 0. The van der Waals surface area contributed by atoms with Crippen LogP contribution in [0.4, 0.5) is 0 Å². The van der Waals surface area contributed by atoms with E-state index >= 15 is 0 Å². The fraction of sp³-hybridized carbons (Fsp3) is 0.375. The van der Waals surface area contributed by atoms with Crippen molar-refractivity contribution in [2.45, 2.75) is 6.42 Å². The van der Waals surface area contributed by atoms with E-state index in [9.17, 15) is 9.59 Å². The summed E-state index contributed by atoms with van der Waals surface area (Å²) in [5.41, 5.74) is 5.18. The third kappa shape index (κ3) is 3.06. The molecule has 7 heteroatoms. The molecule has 0 saturated heterocycles. The molecule has 0 fully saturated rings. The van der Waals surface area contributed by atoms with Gasteiger partial charge in [-0.1, -0.05) is 5.16 Å². The summed E-state index contributed by atoms with van der Waals surface area (Å²) in [6.07, 6.45) is 0.648. The molecule has 0 saturated carbocycles. The van der Waals surface area contributed by atoms with Gasteiger partial charge >= 0.3 is 5.97 Å². The largest absolute Gasteiger partial charge is 0.475 e. The van der Waals surface area contributed by atoms with Crippen molar-refractivity contribution in [1.29, 1.82) is 0 Å². The number of carbonyl (C=O) groups excluding carboxylic acids is 1. The molecule has 1 heterocycles. The average molecular weight is 213 g/mol. The number of rotatable bonds is 5.